The molecule has 1 aromatic rings. The van der Waals surface area contributed by atoms with E-state index < -0.39 is 0 Å². The second-order valence-corrected chi connectivity index (χ2v) is 6.03. The SMILES string of the molecule is Cc1c(NN)nc(C(C)C)nc1NCCCN1CCCC1. The van der Waals surface area contributed by atoms with Crippen molar-refractivity contribution < 1.29 is 0 Å². The molecule has 0 radical (unpaired) electrons. The van der Waals surface area contributed by atoms with Crippen molar-refractivity contribution in [1.82, 2.24) is 14.9 Å². The Morgan fingerprint density at radius 2 is 1.86 bits per heavy atom. The lowest BCUT2D eigenvalue weighted by molar-refractivity contribution is 0.337. The first kappa shape index (κ1) is 16.0. The minimum absolute atomic E-state index is 0.280. The number of rotatable bonds is 7. The molecule has 118 valence electrons. The predicted octanol–water partition coefficient (Wildman–Crippen LogP) is 2.09. The number of hydrazine groups is 1. The van der Waals surface area contributed by atoms with Gasteiger partial charge in [-0.25, -0.2) is 15.8 Å². The average molecular weight is 292 g/mol. The fourth-order valence-electron chi connectivity index (χ4n) is 2.62. The lowest BCUT2D eigenvalue weighted by atomic mass is 10.2. The van der Waals surface area contributed by atoms with Crippen LogP contribution in [-0.4, -0.2) is 41.0 Å². The van der Waals surface area contributed by atoms with Gasteiger partial charge in [-0.3, -0.25) is 0 Å². The summed E-state index contributed by atoms with van der Waals surface area (Å²) in [6.45, 7) is 10.8. The fraction of sp³-hybridized carbons (Fsp3) is 0.733. The molecule has 1 fully saturated rings. The van der Waals surface area contributed by atoms with Gasteiger partial charge >= 0.3 is 0 Å². The summed E-state index contributed by atoms with van der Waals surface area (Å²) in [4.78, 5) is 11.6. The standard InChI is InChI=1S/C15H28N6/c1-11(2)13-18-14(12(3)15(19-13)20-16)17-7-6-10-21-8-4-5-9-21/h11H,4-10,16H2,1-3H3,(H2,17,18,19,20). The van der Waals surface area contributed by atoms with Gasteiger partial charge in [-0.1, -0.05) is 13.8 Å². The first-order valence-corrected chi connectivity index (χ1v) is 7.93. The molecule has 0 unspecified atom stereocenters. The van der Waals surface area contributed by atoms with E-state index in [0.29, 0.717) is 5.82 Å². The maximum absolute atomic E-state index is 5.55. The highest BCUT2D eigenvalue weighted by atomic mass is 15.3. The van der Waals surface area contributed by atoms with Crippen LogP contribution in [0.4, 0.5) is 11.6 Å². The van der Waals surface area contributed by atoms with E-state index in [-0.39, 0.29) is 5.92 Å². The summed E-state index contributed by atoms with van der Waals surface area (Å²) >= 11 is 0. The van der Waals surface area contributed by atoms with E-state index in [2.05, 4.69) is 39.5 Å². The molecular formula is C15H28N6. The molecule has 6 nitrogen and oxygen atoms in total. The van der Waals surface area contributed by atoms with Crippen molar-refractivity contribution in [2.75, 3.05) is 36.9 Å². The Balaban J connectivity index is 1.92. The summed E-state index contributed by atoms with van der Waals surface area (Å²) in [6.07, 6.45) is 3.83. The van der Waals surface area contributed by atoms with Crippen molar-refractivity contribution >= 4 is 11.6 Å². The summed E-state index contributed by atoms with van der Waals surface area (Å²) < 4.78 is 0. The van der Waals surface area contributed by atoms with Gasteiger partial charge < -0.3 is 15.6 Å². The van der Waals surface area contributed by atoms with Crippen LogP contribution in [0, 0.1) is 6.92 Å². The monoisotopic (exact) mass is 292 g/mol. The molecule has 1 aliphatic heterocycles. The first-order valence-electron chi connectivity index (χ1n) is 7.93. The fourth-order valence-corrected chi connectivity index (χ4v) is 2.62. The summed E-state index contributed by atoms with van der Waals surface area (Å²) in [6, 6.07) is 0. The van der Waals surface area contributed by atoms with E-state index in [0.717, 1.165) is 36.7 Å². The van der Waals surface area contributed by atoms with Gasteiger partial charge in [0.05, 0.1) is 0 Å². The van der Waals surface area contributed by atoms with Crippen molar-refractivity contribution in [2.45, 2.75) is 46.0 Å². The normalized spacial score (nSPS) is 15.7. The zero-order valence-electron chi connectivity index (χ0n) is 13.4. The van der Waals surface area contributed by atoms with E-state index >= 15 is 0 Å². The van der Waals surface area contributed by atoms with E-state index in [4.69, 9.17) is 5.84 Å². The second kappa shape index (κ2) is 7.56. The van der Waals surface area contributed by atoms with Gasteiger partial charge in [-0.15, -0.1) is 0 Å². The number of likely N-dealkylation sites (tertiary alicyclic amines) is 1. The van der Waals surface area contributed by atoms with E-state index in [1.807, 2.05) is 6.92 Å². The maximum Gasteiger partial charge on any atom is 0.148 e. The smallest absolute Gasteiger partial charge is 0.148 e. The van der Waals surface area contributed by atoms with Gasteiger partial charge in [0.1, 0.15) is 17.5 Å². The van der Waals surface area contributed by atoms with Crippen LogP contribution >= 0.6 is 0 Å². The molecule has 6 heteroatoms. The molecule has 2 rings (SSSR count). The third kappa shape index (κ3) is 4.28. The second-order valence-electron chi connectivity index (χ2n) is 6.03. The minimum Gasteiger partial charge on any atom is -0.370 e. The number of nitrogens with one attached hydrogen (secondary N) is 2. The molecule has 0 bridgehead atoms. The molecule has 2 heterocycles. The van der Waals surface area contributed by atoms with Gasteiger partial charge in [0.25, 0.3) is 0 Å². The van der Waals surface area contributed by atoms with Gasteiger partial charge in [0.2, 0.25) is 0 Å². The van der Waals surface area contributed by atoms with E-state index in [1.54, 1.807) is 0 Å². The average Bonchev–Trinajstić information content (AvgIpc) is 2.98. The zero-order chi connectivity index (χ0) is 15.2. The number of hydrogen-bond donors (Lipinski definition) is 3. The van der Waals surface area contributed by atoms with Gasteiger partial charge in [0, 0.05) is 18.0 Å². The molecule has 1 saturated heterocycles. The topological polar surface area (TPSA) is 79.1 Å². The largest absolute Gasteiger partial charge is 0.370 e. The molecule has 0 atom stereocenters. The van der Waals surface area contributed by atoms with Crippen LogP contribution in [0.15, 0.2) is 0 Å². The molecule has 1 aliphatic rings. The van der Waals surface area contributed by atoms with Crippen LogP contribution in [0.1, 0.15) is 50.4 Å². The first-order chi connectivity index (χ1) is 10.1. The van der Waals surface area contributed by atoms with Crippen LogP contribution in [-0.2, 0) is 0 Å². The number of nitrogens with two attached hydrogens (primary N) is 1. The predicted molar refractivity (Wildman–Crippen MR) is 87.4 cm³/mol. The molecule has 0 amide bonds. The summed E-state index contributed by atoms with van der Waals surface area (Å²) in [5.74, 6) is 8.24. The van der Waals surface area contributed by atoms with E-state index in [9.17, 15) is 0 Å². The number of aromatic nitrogens is 2. The van der Waals surface area contributed by atoms with Crippen LogP contribution in [0.5, 0.6) is 0 Å². The highest BCUT2D eigenvalue weighted by molar-refractivity contribution is 5.56. The molecular weight excluding hydrogens is 264 g/mol. The molecule has 4 N–H and O–H groups in total. The number of nitrogen functional groups attached to an aromatic ring is 1. The van der Waals surface area contributed by atoms with Crippen molar-refractivity contribution in [2.24, 2.45) is 5.84 Å². The Kier molecular flexibility index (Phi) is 5.76. The third-order valence-electron chi connectivity index (χ3n) is 3.96. The molecule has 0 aromatic carbocycles. The highest BCUT2D eigenvalue weighted by Gasteiger charge is 2.13. The van der Waals surface area contributed by atoms with Crippen LogP contribution < -0.4 is 16.6 Å². The van der Waals surface area contributed by atoms with Gasteiger partial charge in [0.15, 0.2) is 0 Å². The Labute approximate surface area is 127 Å². The lowest BCUT2D eigenvalue weighted by Gasteiger charge is -2.17. The van der Waals surface area contributed by atoms with Crippen LogP contribution in [0.2, 0.25) is 0 Å². The van der Waals surface area contributed by atoms with Gasteiger partial charge in [-0.05, 0) is 45.8 Å². The minimum atomic E-state index is 0.280. The molecule has 0 saturated carbocycles. The Hall–Kier alpha value is -1.40. The Bertz CT molecular complexity index is 454. The van der Waals surface area contributed by atoms with Crippen LogP contribution in [0.3, 0.4) is 0 Å². The summed E-state index contributed by atoms with van der Waals surface area (Å²) in [5.41, 5.74) is 3.64. The Morgan fingerprint density at radius 1 is 1.19 bits per heavy atom. The zero-order valence-corrected chi connectivity index (χ0v) is 13.4. The summed E-state index contributed by atoms with van der Waals surface area (Å²) in [5, 5.41) is 3.43. The van der Waals surface area contributed by atoms with Gasteiger partial charge in [-0.2, -0.15) is 0 Å². The molecule has 0 aliphatic carbocycles. The van der Waals surface area contributed by atoms with Crippen molar-refractivity contribution in [1.29, 1.82) is 0 Å². The molecule has 1 aromatic heterocycles. The highest BCUT2D eigenvalue weighted by Crippen LogP contribution is 2.22. The van der Waals surface area contributed by atoms with Crippen molar-refractivity contribution in [3.63, 3.8) is 0 Å². The van der Waals surface area contributed by atoms with Crippen molar-refractivity contribution in [3.8, 4) is 0 Å². The number of anilines is 2. The third-order valence-corrected chi connectivity index (χ3v) is 3.96. The number of nitrogens with zero attached hydrogens (tertiary/aromatic N) is 3. The Morgan fingerprint density at radius 3 is 2.48 bits per heavy atom. The maximum atomic E-state index is 5.55. The van der Waals surface area contributed by atoms with Crippen LogP contribution in [0.25, 0.3) is 0 Å². The quantitative estimate of drug-likeness (QED) is 0.406. The lowest BCUT2D eigenvalue weighted by Crippen LogP contribution is -2.23. The number of hydrogen-bond acceptors (Lipinski definition) is 6. The molecule has 21 heavy (non-hydrogen) atoms. The molecule has 0 spiro atoms. The summed E-state index contributed by atoms with van der Waals surface area (Å²) in [7, 11) is 0. The van der Waals surface area contributed by atoms with Crippen molar-refractivity contribution in [3.05, 3.63) is 11.4 Å². The van der Waals surface area contributed by atoms with E-state index in [1.165, 1.54) is 25.9 Å².